The van der Waals surface area contributed by atoms with E-state index in [1.165, 1.54) is 24.3 Å². The third kappa shape index (κ3) is 3.63. The fourth-order valence-corrected chi connectivity index (χ4v) is 1.65. The molecule has 0 heterocycles. The summed E-state index contributed by atoms with van der Waals surface area (Å²) in [5.74, 6) is -0.279. The van der Waals surface area contributed by atoms with E-state index < -0.39 is 37.1 Å². The molecular formula is C12H18O7. The predicted octanol–water partition coefficient (Wildman–Crippen LogP) is -2.14. The first kappa shape index (κ1) is 15.8. The average molecular weight is 274 g/mol. The van der Waals surface area contributed by atoms with Gasteiger partial charge in [0.05, 0.1) is 6.61 Å². The number of aliphatic hydroxyl groups excluding tert-OH is 6. The summed E-state index contributed by atoms with van der Waals surface area (Å²) < 4.78 is 0. The first-order chi connectivity index (χ1) is 8.90. The zero-order valence-corrected chi connectivity index (χ0v) is 10.0. The van der Waals surface area contributed by atoms with Crippen molar-refractivity contribution in [1.29, 1.82) is 0 Å². The van der Waals surface area contributed by atoms with Gasteiger partial charge in [0.15, 0.2) is 0 Å². The highest BCUT2D eigenvalue weighted by atomic mass is 16.4. The van der Waals surface area contributed by atoms with Crippen molar-refractivity contribution in [2.45, 2.75) is 30.5 Å². The molecule has 0 aliphatic carbocycles. The molecule has 1 aromatic carbocycles. The number of phenolic OH excluding ortho intramolecular Hbond substituents is 1. The number of phenols is 1. The van der Waals surface area contributed by atoms with E-state index in [9.17, 15) is 25.5 Å². The molecule has 1 rings (SSSR count). The lowest BCUT2D eigenvalue weighted by Crippen LogP contribution is -2.47. The molecule has 0 aliphatic rings. The quantitative estimate of drug-likeness (QED) is 0.314. The van der Waals surface area contributed by atoms with E-state index in [0.29, 0.717) is 0 Å². The van der Waals surface area contributed by atoms with E-state index in [1.54, 1.807) is 0 Å². The Labute approximate surface area is 109 Å². The minimum atomic E-state index is -1.89. The summed E-state index contributed by atoms with van der Waals surface area (Å²) in [6.07, 6.45) is -8.88. The molecule has 0 fully saturated rings. The number of hydrogen-bond acceptors (Lipinski definition) is 7. The average Bonchev–Trinajstić information content (AvgIpc) is 2.43. The second kappa shape index (κ2) is 6.80. The van der Waals surface area contributed by atoms with Crippen molar-refractivity contribution in [3.05, 3.63) is 29.8 Å². The SMILES string of the molecule is OC[C@@H](O)[C@@H](O)[C@H](O)[C@@H](O)C(O)c1ccccc1O. The van der Waals surface area contributed by atoms with Gasteiger partial charge in [-0.25, -0.2) is 0 Å². The Morgan fingerprint density at radius 2 is 1.42 bits per heavy atom. The van der Waals surface area contributed by atoms with Crippen LogP contribution in [0.5, 0.6) is 5.75 Å². The van der Waals surface area contributed by atoms with E-state index in [-0.39, 0.29) is 11.3 Å². The maximum absolute atomic E-state index is 9.82. The van der Waals surface area contributed by atoms with Gasteiger partial charge in [-0.15, -0.1) is 0 Å². The zero-order valence-electron chi connectivity index (χ0n) is 10.0. The van der Waals surface area contributed by atoms with Crippen molar-refractivity contribution in [1.82, 2.24) is 0 Å². The Balaban J connectivity index is 2.82. The van der Waals surface area contributed by atoms with Gasteiger partial charge in [0.25, 0.3) is 0 Å². The van der Waals surface area contributed by atoms with Gasteiger partial charge in [0, 0.05) is 5.56 Å². The largest absolute Gasteiger partial charge is 0.508 e. The lowest BCUT2D eigenvalue weighted by Gasteiger charge is -2.28. The highest BCUT2D eigenvalue weighted by Gasteiger charge is 2.35. The van der Waals surface area contributed by atoms with Crippen LogP contribution in [0.2, 0.25) is 0 Å². The minimum Gasteiger partial charge on any atom is -0.508 e. The van der Waals surface area contributed by atoms with E-state index in [4.69, 9.17) is 10.2 Å². The molecule has 7 heteroatoms. The zero-order chi connectivity index (χ0) is 14.6. The van der Waals surface area contributed by atoms with Gasteiger partial charge in [-0.2, -0.15) is 0 Å². The molecule has 1 unspecified atom stereocenters. The highest BCUT2D eigenvalue weighted by molar-refractivity contribution is 5.34. The van der Waals surface area contributed by atoms with Gasteiger partial charge >= 0.3 is 0 Å². The second-order valence-corrected chi connectivity index (χ2v) is 4.23. The summed E-state index contributed by atoms with van der Waals surface area (Å²) in [6.45, 7) is -0.808. The van der Waals surface area contributed by atoms with Crippen LogP contribution in [0.25, 0.3) is 0 Å². The van der Waals surface area contributed by atoms with E-state index >= 15 is 0 Å². The Kier molecular flexibility index (Phi) is 5.67. The van der Waals surface area contributed by atoms with Crippen LogP contribution in [-0.4, -0.2) is 66.8 Å². The Morgan fingerprint density at radius 3 is 1.95 bits per heavy atom. The molecule has 7 nitrogen and oxygen atoms in total. The lowest BCUT2D eigenvalue weighted by atomic mass is 9.95. The maximum atomic E-state index is 9.82. The van der Waals surface area contributed by atoms with Crippen LogP contribution in [0, 0.1) is 0 Å². The number of benzene rings is 1. The molecule has 0 aliphatic heterocycles. The van der Waals surface area contributed by atoms with Crippen molar-refractivity contribution in [3.63, 3.8) is 0 Å². The van der Waals surface area contributed by atoms with Crippen molar-refractivity contribution in [2.75, 3.05) is 6.61 Å². The number of para-hydroxylation sites is 1. The highest BCUT2D eigenvalue weighted by Crippen LogP contribution is 2.28. The summed E-state index contributed by atoms with van der Waals surface area (Å²) in [6, 6.07) is 5.65. The molecule has 0 saturated carbocycles. The second-order valence-electron chi connectivity index (χ2n) is 4.23. The Hall–Kier alpha value is -1.22. The van der Waals surface area contributed by atoms with Gasteiger partial charge in [-0.05, 0) is 6.07 Å². The number of aromatic hydroxyl groups is 1. The summed E-state index contributed by atoms with van der Waals surface area (Å²) in [4.78, 5) is 0. The molecule has 108 valence electrons. The molecule has 0 bridgehead atoms. The first-order valence-electron chi connectivity index (χ1n) is 5.69. The molecule has 7 N–H and O–H groups in total. The predicted molar refractivity (Wildman–Crippen MR) is 64.2 cm³/mol. The molecule has 1 aromatic rings. The minimum absolute atomic E-state index is 0.0280. The van der Waals surface area contributed by atoms with Crippen LogP contribution in [0.4, 0.5) is 0 Å². The van der Waals surface area contributed by atoms with Crippen molar-refractivity contribution >= 4 is 0 Å². The topological polar surface area (TPSA) is 142 Å². The molecule has 0 amide bonds. The summed E-state index contributed by atoms with van der Waals surface area (Å²) >= 11 is 0. The van der Waals surface area contributed by atoms with Crippen LogP contribution < -0.4 is 0 Å². The number of hydrogen-bond donors (Lipinski definition) is 7. The van der Waals surface area contributed by atoms with Gasteiger partial charge in [-0.1, -0.05) is 18.2 Å². The maximum Gasteiger partial charge on any atom is 0.121 e. The van der Waals surface area contributed by atoms with Gasteiger partial charge < -0.3 is 35.7 Å². The van der Waals surface area contributed by atoms with Crippen LogP contribution in [-0.2, 0) is 0 Å². The van der Waals surface area contributed by atoms with Crippen LogP contribution in [0.15, 0.2) is 24.3 Å². The van der Waals surface area contributed by atoms with Crippen LogP contribution in [0.1, 0.15) is 11.7 Å². The fraction of sp³-hybridized carbons (Fsp3) is 0.500. The van der Waals surface area contributed by atoms with Gasteiger partial charge in [0.2, 0.25) is 0 Å². The molecule has 19 heavy (non-hydrogen) atoms. The smallest absolute Gasteiger partial charge is 0.121 e. The van der Waals surface area contributed by atoms with Crippen molar-refractivity contribution < 1.29 is 35.7 Å². The van der Waals surface area contributed by atoms with Crippen LogP contribution >= 0.6 is 0 Å². The number of aliphatic hydroxyl groups is 6. The Morgan fingerprint density at radius 1 is 0.842 bits per heavy atom. The molecule has 0 saturated heterocycles. The molecule has 5 atom stereocenters. The van der Waals surface area contributed by atoms with Gasteiger partial charge in [-0.3, -0.25) is 0 Å². The Bertz CT molecular complexity index is 397. The van der Waals surface area contributed by atoms with Crippen molar-refractivity contribution in [3.8, 4) is 5.75 Å². The molecule has 0 aromatic heterocycles. The summed E-state index contributed by atoms with van der Waals surface area (Å²) in [5.41, 5.74) is -0.0280. The van der Waals surface area contributed by atoms with E-state index in [0.717, 1.165) is 0 Å². The van der Waals surface area contributed by atoms with Crippen LogP contribution in [0.3, 0.4) is 0 Å². The van der Waals surface area contributed by atoms with Crippen molar-refractivity contribution in [2.24, 2.45) is 0 Å². The van der Waals surface area contributed by atoms with E-state index in [1.807, 2.05) is 0 Å². The normalized spacial score (nSPS) is 19.5. The molecular weight excluding hydrogens is 256 g/mol. The standard InChI is InChI=1S/C12H18O7/c13-5-8(15)10(17)12(19)11(18)9(16)6-3-1-2-4-7(6)14/h1-4,8-19H,5H2/t8-,9?,10-,11+,12+/m1/s1. The monoisotopic (exact) mass is 274 g/mol. The van der Waals surface area contributed by atoms with Gasteiger partial charge in [0.1, 0.15) is 36.3 Å². The third-order valence-corrected chi connectivity index (χ3v) is 2.86. The lowest BCUT2D eigenvalue weighted by molar-refractivity contribution is -0.141. The number of rotatable bonds is 6. The first-order valence-corrected chi connectivity index (χ1v) is 5.69. The third-order valence-electron chi connectivity index (χ3n) is 2.86. The summed E-state index contributed by atoms with van der Waals surface area (Å²) in [5, 5.41) is 65.8. The summed E-state index contributed by atoms with van der Waals surface area (Å²) in [7, 11) is 0. The fourth-order valence-electron chi connectivity index (χ4n) is 1.65. The molecule has 0 spiro atoms. The van der Waals surface area contributed by atoms with E-state index in [2.05, 4.69) is 0 Å². The molecule has 0 radical (unpaired) electrons.